The Morgan fingerprint density at radius 3 is 2.79 bits per heavy atom. The van der Waals surface area contributed by atoms with Crippen molar-refractivity contribution in [3.63, 3.8) is 0 Å². The zero-order valence-electron chi connectivity index (χ0n) is 10.1. The lowest BCUT2D eigenvalue weighted by Crippen LogP contribution is -2.09. The number of phenols is 1. The van der Waals surface area contributed by atoms with Gasteiger partial charge in [0.05, 0.1) is 4.88 Å². The topological polar surface area (TPSA) is 49.3 Å². The fourth-order valence-electron chi connectivity index (χ4n) is 1.80. The van der Waals surface area contributed by atoms with Gasteiger partial charge in [0.25, 0.3) is 5.91 Å². The fourth-order valence-corrected chi connectivity index (χ4v) is 3.81. The molecule has 0 atom stereocenters. The lowest BCUT2D eigenvalue weighted by Gasteiger charge is -2.05. The molecule has 0 aliphatic rings. The minimum absolute atomic E-state index is 0.113. The van der Waals surface area contributed by atoms with E-state index in [-0.39, 0.29) is 11.7 Å². The van der Waals surface area contributed by atoms with Crippen LogP contribution < -0.4 is 5.32 Å². The molecule has 0 saturated heterocycles. The zero-order chi connectivity index (χ0) is 13.4. The molecule has 3 rings (SSSR count). The third-order valence-corrected chi connectivity index (χ3v) is 4.91. The van der Waals surface area contributed by atoms with Crippen LogP contribution in [0, 0.1) is 6.92 Å². The summed E-state index contributed by atoms with van der Waals surface area (Å²) in [5.74, 6) is 0.119. The number of hydrogen-bond acceptors (Lipinski definition) is 4. The number of phenolic OH excluding ortho intramolecular Hbond substituents is 1. The Bertz CT molecular complexity index is 729. The van der Waals surface area contributed by atoms with E-state index >= 15 is 0 Å². The molecule has 1 amide bonds. The first-order valence-electron chi connectivity index (χ1n) is 5.71. The van der Waals surface area contributed by atoms with Gasteiger partial charge in [0.2, 0.25) is 0 Å². The normalized spacial score (nSPS) is 10.8. The van der Waals surface area contributed by atoms with E-state index in [0.29, 0.717) is 10.6 Å². The average molecular weight is 289 g/mol. The Labute approximate surface area is 118 Å². The SMILES string of the molecule is Cc1cc(NC(=O)c2cc3sccc3s2)ccc1O. The highest BCUT2D eigenvalue weighted by atomic mass is 32.1. The highest BCUT2D eigenvalue weighted by molar-refractivity contribution is 7.27. The summed E-state index contributed by atoms with van der Waals surface area (Å²) in [5, 5.41) is 14.3. The molecule has 0 unspecified atom stereocenters. The lowest BCUT2D eigenvalue weighted by atomic mass is 10.2. The van der Waals surface area contributed by atoms with Crippen molar-refractivity contribution in [1.29, 1.82) is 0 Å². The molecule has 0 bridgehead atoms. The first-order chi connectivity index (χ1) is 9.13. The van der Waals surface area contributed by atoms with E-state index in [0.717, 1.165) is 15.0 Å². The van der Waals surface area contributed by atoms with E-state index < -0.39 is 0 Å². The molecule has 0 aliphatic carbocycles. The van der Waals surface area contributed by atoms with E-state index in [1.165, 1.54) is 11.3 Å². The number of anilines is 1. The summed E-state index contributed by atoms with van der Waals surface area (Å²) < 4.78 is 2.27. The standard InChI is InChI=1S/C14H11NO2S2/c1-8-6-9(2-3-10(8)16)15-14(17)13-7-12-11(19-13)4-5-18-12/h2-7,16H,1H3,(H,15,17). The third kappa shape index (κ3) is 2.34. The van der Waals surface area contributed by atoms with Gasteiger partial charge in [-0.1, -0.05) is 0 Å². The molecule has 2 N–H and O–H groups in total. The Balaban J connectivity index is 1.84. The van der Waals surface area contributed by atoms with E-state index in [2.05, 4.69) is 5.32 Å². The second-order valence-electron chi connectivity index (χ2n) is 4.22. The van der Waals surface area contributed by atoms with E-state index in [4.69, 9.17) is 0 Å². The summed E-state index contributed by atoms with van der Waals surface area (Å²) in [6.45, 7) is 1.80. The maximum Gasteiger partial charge on any atom is 0.265 e. The second kappa shape index (κ2) is 4.68. The van der Waals surface area contributed by atoms with E-state index in [9.17, 15) is 9.90 Å². The number of thiophene rings is 2. The van der Waals surface area contributed by atoms with Crippen molar-refractivity contribution in [3.05, 3.63) is 46.2 Å². The second-order valence-corrected chi connectivity index (χ2v) is 6.25. The molecule has 1 aromatic carbocycles. The molecule has 0 aliphatic heterocycles. The van der Waals surface area contributed by atoms with Crippen molar-refractivity contribution >= 4 is 43.7 Å². The van der Waals surface area contributed by atoms with Gasteiger partial charge in [-0.3, -0.25) is 4.79 Å². The average Bonchev–Trinajstić information content (AvgIpc) is 2.94. The van der Waals surface area contributed by atoms with Crippen LogP contribution in [0.2, 0.25) is 0 Å². The van der Waals surface area contributed by atoms with Gasteiger partial charge in [0, 0.05) is 15.1 Å². The van der Waals surface area contributed by atoms with Gasteiger partial charge >= 0.3 is 0 Å². The van der Waals surface area contributed by atoms with E-state index in [1.54, 1.807) is 36.5 Å². The van der Waals surface area contributed by atoms with Crippen molar-refractivity contribution in [2.75, 3.05) is 5.32 Å². The number of benzene rings is 1. The molecule has 0 spiro atoms. The molecule has 3 nitrogen and oxygen atoms in total. The van der Waals surface area contributed by atoms with Crippen LogP contribution in [0.1, 0.15) is 15.2 Å². The number of carbonyl (C=O) groups is 1. The molecule has 3 aromatic rings. The number of hydrogen-bond donors (Lipinski definition) is 2. The summed E-state index contributed by atoms with van der Waals surface area (Å²) in [6.07, 6.45) is 0. The number of amides is 1. The summed E-state index contributed by atoms with van der Waals surface area (Å²) in [4.78, 5) is 12.8. The number of aromatic hydroxyl groups is 1. The molecular formula is C14H11NO2S2. The van der Waals surface area contributed by atoms with E-state index in [1.807, 2.05) is 17.5 Å². The van der Waals surface area contributed by atoms with Gasteiger partial charge in [-0.05, 0) is 48.2 Å². The Kier molecular flexibility index (Phi) is 3.00. The Hall–Kier alpha value is -1.85. The molecule has 0 radical (unpaired) electrons. The van der Waals surface area contributed by atoms with Gasteiger partial charge < -0.3 is 10.4 Å². The van der Waals surface area contributed by atoms with Crippen molar-refractivity contribution in [2.45, 2.75) is 6.92 Å². The van der Waals surface area contributed by atoms with Crippen LogP contribution in [0.4, 0.5) is 5.69 Å². The van der Waals surface area contributed by atoms with Crippen LogP contribution in [-0.4, -0.2) is 11.0 Å². The summed E-state index contributed by atoms with van der Waals surface area (Å²) in [7, 11) is 0. The fraction of sp³-hybridized carbons (Fsp3) is 0.0714. The molecule has 0 fully saturated rings. The molecule has 0 saturated carbocycles. The maximum atomic E-state index is 12.1. The minimum Gasteiger partial charge on any atom is -0.508 e. The smallest absolute Gasteiger partial charge is 0.265 e. The van der Waals surface area contributed by atoms with Crippen LogP contribution >= 0.6 is 22.7 Å². The van der Waals surface area contributed by atoms with Crippen molar-refractivity contribution in [2.24, 2.45) is 0 Å². The first kappa shape index (κ1) is 12.2. The quantitative estimate of drug-likeness (QED) is 0.694. The highest BCUT2D eigenvalue weighted by Gasteiger charge is 2.11. The predicted molar refractivity (Wildman–Crippen MR) is 80.5 cm³/mol. The number of fused-ring (bicyclic) bond motifs is 1. The Morgan fingerprint density at radius 2 is 2.05 bits per heavy atom. The van der Waals surface area contributed by atoms with Gasteiger partial charge in [0.15, 0.2) is 0 Å². The zero-order valence-corrected chi connectivity index (χ0v) is 11.8. The molecular weight excluding hydrogens is 278 g/mol. The summed E-state index contributed by atoms with van der Waals surface area (Å²) in [6, 6.07) is 8.96. The van der Waals surface area contributed by atoms with Crippen LogP contribution in [0.5, 0.6) is 5.75 Å². The molecule has 2 heterocycles. The largest absolute Gasteiger partial charge is 0.508 e. The van der Waals surface area contributed by atoms with Crippen molar-refractivity contribution < 1.29 is 9.90 Å². The van der Waals surface area contributed by atoms with Crippen LogP contribution in [-0.2, 0) is 0 Å². The number of nitrogens with one attached hydrogen (secondary N) is 1. The predicted octanol–water partition coefficient (Wildman–Crippen LogP) is 4.23. The third-order valence-electron chi connectivity index (χ3n) is 2.82. The minimum atomic E-state index is -0.113. The van der Waals surface area contributed by atoms with Crippen LogP contribution in [0.25, 0.3) is 9.40 Å². The number of aryl methyl sites for hydroxylation is 1. The molecule has 96 valence electrons. The van der Waals surface area contributed by atoms with Crippen LogP contribution in [0.3, 0.4) is 0 Å². The number of rotatable bonds is 2. The maximum absolute atomic E-state index is 12.1. The molecule has 19 heavy (non-hydrogen) atoms. The summed E-state index contributed by atoms with van der Waals surface area (Å²) in [5.41, 5.74) is 1.43. The van der Waals surface area contributed by atoms with Crippen molar-refractivity contribution in [3.8, 4) is 5.75 Å². The van der Waals surface area contributed by atoms with Crippen molar-refractivity contribution in [1.82, 2.24) is 0 Å². The van der Waals surface area contributed by atoms with Gasteiger partial charge in [-0.15, -0.1) is 22.7 Å². The first-order valence-corrected chi connectivity index (χ1v) is 7.41. The van der Waals surface area contributed by atoms with Gasteiger partial charge in [0.1, 0.15) is 5.75 Å². The van der Waals surface area contributed by atoms with Gasteiger partial charge in [-0.2, -0.15) is 0 Å². The Morgan fingerprint density at radius 1 is 1.21 bits per heavy atom. The van der Waals surface area contributed by atoms with Crippen LogP contribution in [0.15, 0.2) is 35.7 Å². The molecule has 5 heteroatoms. The highest BCUT2D eigenvalue weighted by Crippen LogP contribution is 2.30. The lowest BCUT2D eigenvalue weighted by molar-refractivity contribution is 0.103. The number of carbonyl (C=O) groups excluding carboxylic acids is 1. The molecule has 2 aromatic heterocycles. The summed E-state index contributed by atoms with van der Waals surface area (Å²) >= 11 is 3.12. The monoisotopic (exact) mass is 289 g/mol. The van der Waals surface area contributed by atoms with Gasteiger partial charge in [-0.25, -0.2) is 0 Å².